The second kappa shape index (κ2) is 8.74. The van der Waals surface area contributed by atoms with E-state index in [1.807, 2.05) is 24.3 Å². The lowest BCUT2D eigenvalue weighted by Gasteiger charge is -2.28. The number of hydrogen-bond donors (Lipinski definition) is 2. The van der Waals surface area contributed by atoms with Crippen LogP contribution in [0.25, 0.3) is 10.8 Å². The number of benzene rings is 2. The first-order chi connectivity index (χ1) is 12.3. The van der Waals surface area contributed by atoms with Gasteiger partial charge in [-0.2, -0.15) is 0 Å². The maximum Gasteiger partial charge on any atom is 0.220 e. The van der Waals surface area contributed by atoms with Crippen molar-refractivity contribution in [1.29, 1.82) is 0 Å². The van der Waals surface area contributed by atoms with E-state index in [4.69, 9.17) is 4.74 Å². The summed E-state index contributed by atoms with van der Waals surface area (Å²) >= 11 is 0. The molecule has 5 heteroatoms. The van der Waals surface area contributed by atoms with Gasteiger partial charge in [0.05, 0.1) is 6.54 Å². The van der Waals surface area contributed by atoms with Crippen LogP contribution in [0.4, 0.5) is 0 Å². The molecule has 4 rings (SSSR count). The smallest absolute Gasteiger partial charge is 0.220 e. The lowest BCUT2D eigenvalue weighted by molar-refractivity contribution is -0.122. The van der Waals surface area contributed by atoms with Crippen LogP contribution in [-0.4, -0.2) is 31.1 Å². The Morgan fingerprint density at radius 3 is 2.58 bits per heavy atom. The van der Waals surface area contributed by atoms with Gasteiger partial charge in [-0.3, -0.25) is 4.79 Å². The number of hydrogen-bond acceptors (Lipinski definition) is 3. The normalized spacial score (nSPS) is 24.1. The van der Waals surface area contributed by atoms with Crippen molar-refractivity contribution in [1.82, 2.24) is 10.6 Å². The number of amides is 1. The molecule has 2 saturated heterocycles. The Labute approximate surface area is 161 Å². The highest BCUT2D eigenvalue weighted by atomic mass is 35.5. The third-order valence-corrected chi connectivity index (χ3v) is 5.46. The second-order valence-electron chi connectivity index (χ2n) is 7.39. The van der Waals surface area contributed by atoms with E-state index in [1.165, 1.54) is 23.6 Å². The fraction of sp³-hybridized carbons (Fsp3) is 0.476. The van der Waals surface area contributed by atoms with Gasteiger partial charge in [0.15, 0.2) is 0 Å². The first-order valence-corrected chi connectivity index (χ1v) is 9.40. The highest BCUT2D eigenvalue weighted by molar-refractivity contribution is 5.85. The van der Waals surface area contributed by atoms with E-state index in [-0.39, 0.29) is 18.3 Å². The minimum atomic E-state index is 0. The van der Waals surface area contributed by atoms with Crippen molar-refractivity contribution in [3.8, 4) is 5.75 Å². The van der Waals surface area contributed by atoms with Crippen molar-refractivity contribution in [3.05, 3.63) is 42.5 Å². The third-order valence-electron chi connectivity index (χ3n) is 5.46. The van der Waals surface area contributed by atoms with E-state index in [9.17, 15) is 4.79 Å². The molecule has 2 bridgehead atoms. The van der Waals surface area contributed by atoms with Crippen LogP contribution < -0.4 is 15.4 Å². The van der Waals surface area contributed by atoms with Crippen molar-refractivity contribution < 1.29 is 9.53 Å². The van der Waals surface area contributed by atoms with Gasteiger partial charge in [-0.1, -0.05) is 30.3 Å². The zero-order chi connectivity index (χ0) is 17.1. The molecule has 2 aliphatic heterocycles. The molecule has 2 fully saturated rings. The van der Waals surface area contributed by atoms with Gasteiger partial charge in [0, 0.05) is 18.5 Å². The van der Waals surface area contributed by atoms with Gasteiger partial charge in [0.25, 0.3) is 0 Å². The van der Waals surface area contributed by atoms with Gasteiger partial charge >= 0.3 is 0 Å². The number of carbonyl (C=O) groups is 1. The van der Waals surface area contributed by atoms with Gasteiger partial charge in [0.1, 0.15) is 12.4 Å². The fourth-order valence-electron chi connectivity index (χ4n) is 4.29. The Morgan fingerprint density at radius 1 is 1.08 bits per heavy atom. The zero-order valence-electron chi connectivity index (χ0n) is 14.9. The molecule has 0 aliphatic carbocycles. The molecule has 4 nitrogen and oxygen atoms in total. The number of nitrogens with one attached hydrogen (secondary N) is 2. The SMILES string of the molecule is Cl.O=C(CC1CC2CCC(C1)N2)NCCOc1ccc2ccccc2c1. The molecule has 2 atom stereocenters. The van der Waals surface area contributed by atoms with Gasteiger partial charge in [-0.05, 0) is 54.5 Å². The molecule has 2 aromatic rings. The minimum absolute atomic E-state index is 0. The molecule has 2 aliphatic rings. The van der Waals surface area contributed by atoms with Gasteiger partial charge in [0.2, 0.25) is 5.91 Å². The molecule has 2 heterocycles. The Bertz CT molecular complexity index is 740. The van der Waals surface area contributed by atoms with E-state index in [2.05, 4.69) is 28.8 Å². The van der Waals surface area contributed by atoms with Crippen molar-refractivity contribution in [2.24, 2.45) is 5.92 Å². The topological polar surface area (TPSA) is 50.4 Å². The van der Waals surface area contributed by atoms with E-state index in [0.29, 0.717) is 37.6 Å². The molecular weight excluding hydrogens is 348 g/mol. The van der Waals surface area contributed by atoms with Gasteiger partial charge < -0.3 is 15.4 Å². The lowest BCUT2D eigenvalue weighted by Crippen LogP contribution is -2.40. The summed E-state index contributed by atoms with van der Waals surface area (Å²) < 4.78 is 5.77. The number of halogens is 1. The molecule has 0 saturated carbocycles. The molecule has 26 heavy (non-hydrogen) atoms. The van der Waals surface area contributed by atoms with Crippen LogP contribution in [0.15, 0.2) is 42.5 Å². The van der Waals surface area contributed by atoms with Gasteiger partial charge in [-0.25, -0.2) is 0 Å². The molecular formula is C21H27ClN2O2. The van der Waals surface area contributed by atoms with Crippen molar-refractivity contribution in [2.75, 3.05) is 13.2 Å². The van der Waals surface area contributed by atoms with Crippen LogP contribution in [0.1, 0.15) is 32.1 Å². The van der Waals surface area contributed by atoms with Crippen molar-refractivity contribution in [2.45, 2.75) is 44.2 Å². The quantitative estimate of drug-likeness (QED) is 0.758. The van der Waals surface area contributed by atoms with Crippen LogP contribution in [0.2, 0.25) is 0 Å². The van der Waals surface area contributed by atoms with Crippen molar-refractivity contribution >= 4 is 29.1 Å². The van der Waals surface area contributed by atoms with E-state index in [0.717, 1.165) is 18.6 Å². The molecule has 2 N–H and O–H groups in total. The molecule has 0 spiro atoms. The first kappa shape index (κ1) is 19.0. The first-order valence-electron chi connectivity index (χ1n) is 9.40. The largest absolute Gasteiger partial charge is 0.492 e. The predicted molar refractivity (Wildman–Crippen MR) is 107 cm³/mol. The summed E-state index contributed by atoms with van der Waals surface area (Å²) in [6.45, 7) is 1.06. The third kappa shape index (κ3) is 4.68. The van der Waals surface area contributed by atoms with Crippen LogP contribution in [0, 0.1) is 5.92 Å². The maximum atomic E-state index is 12.1. The number of fused-ring (bicyclic) bond motifs is 3. The number of carbonyl (C=O) groups excluding carboxylic acids is 1. The van der Waals surface area contributed by atoms with Crippen LogP contribution in [-0.2, 0) is 4.79 Å². The molecule has 0 radical (unpaired) electrons. The van der Waals surface area contributed by atoms with Crippen LogP contribution >= 0.6 is 12.4 Å². The van der Waals surface area contributed by atoms with E-state index < -0.39 is 0 Å². The summed E-state index contributed by atoms with van der Waals surface area (Å²) in [5, 5.41) is 9.01. The van der Waals surface area contributed by atoms with Crippen LogP contribution in [0.3, 0.4) is 0 Å². The van der Waals surface area contributed by atoms with Crippen molar-refractivity contribution in [3.63, 3.8) is 0 Å². The molecule has 0 aromatic heterocycles. The minimum Gasteiger partial charge on any atom is -0.492 e. The summed E-state index contributed by atoms with van der Waals surface area (Å²) in [5.74, 6) is 1.55. The zero-order valence-corrected chi connectivity index (χ0v) is 15.8. The number of rotatable bonds is 6. The average molecular weight is 375 g/mol. The monoisotopic (exact) mass is 374 g/mol. The molecule has 2 unspecified atom stereocenters. The number of ether oxygens (including phenoxy) is 1. The predicted octanol–water partition coefficient (Wildman–Crippen LogP) is 3.68. The summed E-state index contributed by atoms with van der Waals surface area (Å²) in [6.07, 6.45) is 5.52. The fourth-order valence-corrected chi connectivity index (χ4v) is 4.29. The molecule has 1 amide bonds. The standard InChI is InChI=1S/C21H26N2O2.ClH/c24-21(13-15-11-18-6-7-19(12-15)23-18)22-9-10-25-20-8-5-16-3-1-2-4-17(16)14-20;/h1-5,8,14-15,18-19,23H,6-7,9-13H2,(H,22,24);1H. The Kier molecular flexibility index (Phi) is 6.38. The molecule has 2 aromatic carbocycles. The second-order valence-corrected chi connectivity index (χ2v) is 7.39. The summed E-state index contributed by atoms with van der Waals surface area (Å²) in [6, 6.07) is 15.6. The Balaban J connectivity index is 0.00000196. The van der Waals surface area contributed by atoms with E-state index in [1.54, 1.807) is 0 Å². The summed E-state index contributed by atoms with van der Waals surface area (Å²) in [4.78, 5) is 12.1. The Morgan fingerprint density at radius 2 is 1.81 bits per heavy atom. The average Bonchev–Trinajstić information content (AvgIpc) is 2.97. The highest BCUT2D eigenvalue weighted by Crippen LogP contribution is 2.32. The van der Waals surface area contributed by atoms with Gasteiger partial charge in [-0.15, -0.1) is 12.4 Å². The summed E-state index contributed by atoms with van der Waals surface area (Å²) in [5.41, 5.74) is 0. The Hall–Kier alpha value is -1.78. The molecule has 140 valence electrons. The number of piperidine rings is 1. The lowest BCUT2D eigenvalue weighted by atomic mass is 9.89. The maximum absolute atomic E-state index is 12.1. The highest BCUT2D eigenvalue weighted by Gasteiger charge is 2.34. The summed E-state index contributed by atoms with van der Waals surface area (Å²) in [7, 11) is 0. The van der Waals surface area contributed by atoms with Crippen LogP contribution in [0.5, 0.6) is 5.75 Å². The van der Waals surface area contributed by atoms with E-state index >= 15 is 0 Å².